The summed E-state index contributed by atoms with van der Waals surface area (Å²) in [7, 11) is 0. The maximum absolute atomic E-state index is 15.4. The quantitative estimate of drug-likeness (QED) is 0.278. The van der Waals surface area contributed by atoms with E-state index in [0.29, 0.717) is 32.0 Å². The fourth-order valence-electron chi connectivity index (χ4n) is 4.99. The predicted molar refractivity (Wildman–Crippen MR) is 151 cm³/mol. The van der Waals surface area contributed by atoms with Crippen LogP contribution in [-0.4, -0.2) is 74.3 Å². The molecule has 0 spiro atoms. The Labute approximate surface area is 242 Å². The van der Waals surface area contributed by atoms with Gasteiger partial charge in [-0.2, -0.15) is 0 Å². The first-order valence-electron chi connectivity index (χ1n) is 13.5. The molecule has 10 nitrogen and oxygen atoms in total. The molecule has 5 rings (SSSR count). The first kappa shape index (κ1) is 28.7. The first-order valence-corrected chi connectivity index (χ1v) is 13.5. The van der Waals surface area contributed by atoms with Gasteiger partial charge in [-0.1, -0.05) is 42.5 Å². The Hall–Kier alpha value is -4.77. The molecule has 3 aromatic carbocycles. The van der Waals surface area contributed by atoms with Crippen molar-refractivity contribution in [2.45, 2.75) is 19.6 Å². The number of anilines is 2. The Bertz CT molecular complexity index is 1440. The average molecular weight is 576 g/mol. The topological polar surface area (TPSA) is 106 Å². The summed E-state index contributed by atoms with van der Waals surface area (Å²) in [5, 5.41) is 0. The number of rotatable bonds is 9. The Morgan fingerprint density at radius 3 is 2.21 bits per heavy atom. The largest absolute Gasteiger partial charge is 0.459 e. The van der Waals surface area contributed by atoms with Gasteiger partial charge in [-0.15, -0.1) is 0 Å². The molecule has 3 amide bonds. The van der Waals surface area contributed by atoms with Crippen LogP contribution in [-0.2, 0) is 25.6 Å². The smallest absolute Gasteiger partial charge is 0.414 e. The van der Waals surface area contributed by atoms with Crippen LogP contribution in [0.4, 0.5) is 20.6 Å². The number of fused-ring (bicyclic) bond motifs is 1. The van der Waals surface area contributed by atoms with Crippen LogP contribution >= 0.6 is 0 Å². The molecule has 1 fully saturated rings. The zero-order valence-corrected chi connectivity index (χ0v) is 23.0. The van der Waals surface area contributed by atoms with Crippen molar-refractivity contribution in [2.75, 3.05) is 49.2 Å². The molecule has 42 heavy (non-hydrogen) atoms. The van der Waals surface area contributed by atoms with Crippen molar-refractivity contribution in [3.8, 4) is 0 Å². The normalized spacial score (nSPS) is 15.3. The fraction of sp³-hybridized carbons (Fsp3) is 0.290. The number of halogens is 1. The number of nitrogens with zero attached hydrogens (tertiary/aromatic N) is 3. The van der Waals surface area contributed by atoms with Crippen molar-refractivity contribution in [1.82, 2.24) is 4.90 Å². The number of benzene rings is 3. The standard InChI is InChI=1S/C31H30FN3O7/c1-21(36)42-24(19-35-29(37)25-9-5-6-10-26(25)30(35)38)18-34(31(39)41-20-22-7-3-2-4-8-22)23-11-12-28(27(32)17-23)33-13-15-40-16-14-33/h2-12,17,24H,13-16,18-20H2,1H3. The lowest BCUT2D eigenvalue weighted by molar-refractivity contribution is -0.146. The van der Waals surface area contributed by atoms with Crippen molar-refractivity contribution in [2.24, 2.45) is 0 Å². The molecule has 0 bridgehead atoms. The molecule has 2 heterocycles. The molecule has 0 N–H and O–H groups in total. The van der Waals surface area contributed by atoms with E-state index in [1.807, 2.05) is 11.0 Å². The van der Waals surface area contributed by atoms with Crippen LogP contribution in [0.3, 0.4) is 0 Å². The van der Waals surface area contributed by atoms with Crippen LogP contribution in [0.15, 0.2) is 72.8 Å². The molecule has 0 saturated carbocycles. The summed E-state index contributed by atoms with van der Waals surface area (Å²) in [5.41, 5.74) is 1.74. The highest BCUT2D eigenvalue weighted by Crippen LogP contribution is 2.28. The van der Waals surface area contributed by atoms with Gasteiger partial charge >= 0.3 is 12.1 Å². The molecule has 218 valence electrons. The average Bonchev–Trinajstić information content (AvgIpc) is 3.24. The molecule has 0 aliphatic carbocycles. The SMILES string of the molecule is CC(=O)OC(CN1C(=O)c2ccccc2C1=O)CN(C(=O)OCc1ccccc1)c1ccc(N2CCOCC2)c(F)c1. The lowest BCUT2D eigenvalue weighted by atomic mass is 10.1. The van der Waals surface area contributed by atoms with Crippen molar-refractivity contribution in [3.05, 3.63) is 95.3 Å². The number of imide groups is 1. The number of carbonyl (C=O) groups excluding carboxylic acids is 4. The summed E-state index contributed by atoms with van der Waals surface area (Å²) >= 11 is 0. The van der Waals surface area contributed by atoms with Crippen molar-refractivity contribution >= 4 is 35.3 Å². The molecule has 0 aromatic heterocycles. The zero-order valence-electron chi connectivity index (χ0n) is 23.0. The van der Waals surface area contributed by atoms with Gasteiger partial charge in [-0.25, -0.2) is 9.18 Å². The summed E-state index contributed by atoms with van der Waals surface area (Å²) in [6, 6.07) is 19.8. The van der Waals surface area contributed by atoms with Crippen LogP contribution in [0.25, 0.3) is 0 Å². The van der Waals surface area contributed by atoms with E-state index in [0.717, 1.165) is 15.4 Å². The highest BCUT2D eigenvalue weighted by Gasteiger charge is 2.38. The molecule has 3 aromatic rings. The van der Waals surface area contributed by atoms with Gasteiger partial charge in [0.25, 0.3) is 11.8 Å². The van der Waals surface area contributed by atoms with Gasteiger partial charge in [0.1, 0.15) is 18.5 Å². The van der Waals surface area contributed by atoms with Crippen LogP contribution in [0.5, 0.6) is 0 Å². The monoisotopic (exact) mass is 575 g/mol. The van der Waals surface area contributed by atoms with Crippen LogP contribution in [0, 0.1) is 5.82 Å². The number of esters is 1. The third-order valence-corrected chi connectivity index (χ3v) is 7.00. The maximum Gasteiger partial charge on any atom is 0.414 e. The van der Waals surface area contributed by atoms with E-state index in [4.69, 9.17) is 14.2 Å². The van der Waals surface area contributed by atoms with Gasteiger partial charge in [-0.05, 0) is 35.9 Å². The number of carbonyl (C=O) groups is 4. The number of amides is 3. The third-order valence-electron chi connectivity index (χ3n) is 7.00. The number of hydrogen-bond donors (Lipinski definition) is 0. The van der Waals surface area contributed by atoms with E-state index in [1.54, 1.807) is 60.7 Å². The molecule has 2 aliphatic rings. The van der Waals surface area contributed by atoms with Crippen LogP contribution in [0.2, 0.25) is 0 Å². The van der Waals surface area contributed by atoms with E-state index in [9.17, 15) is 19.2 Å². The molecule has 11 heteroatoms. The van der Waals surface area contributed by atoms with E-state index >= 15 is 4.39 Å². The molecule has 0 radical (unpaired) electrons. The molecule has 1 unspecified atom stereocenters. The van der Waals surface area contributed by atoms with E-state index in [1.165, 1.54) is 13.0 Å². The summed E-state index contributed by atoms with van der Waals surface area (Å²) in [6.45, 7) is 2.49. The summed E-state index contributed by atoms with van der Waals surface area (Å²) < 4.78 is 31.8. The van der Waals surface area contributed by atoms with Gasteiger partial charge in [0.2, 0.25) is 0 Å². The minimum absolute atomic E-state index is 0.0544. The zero-order chi connectivity index (χ0) is 29.6. The number of morpholine rings is 1. The maximum atomic E-state index is 15.4. The summed E-state index contributed by atoms with van der Waals surface area (Å²) in [6.07, 6.45) is -1.95. The highest BCUT2D eigenvalue weighted by atomic mass is 19.1. The predicted octanol–water partition coefficient (Wildman–Crippen LogP) is 4.03. The van der Waals surface area contributed by atoms with Crippen molar-refractivity contribution < 1.29 is 37.8 Å². The van der Waals surface area contributed by atoms with Gasteiger partial charge in [-0.3, -0.25) is 24.2 Å². The van der Waals surface area contributed by atoms with E-state index < -0.39 is 35.8 Å². The molecular formula is C31H30FN3O7. The number of ether oxygens (including phenoxy) is 3. The molecule has 1 saturated heterocycles. The third kappa shape index (κ3) is 6.41. The molecule has 2 aliphatic heterocycles. The lowest BCUT2D eigenvalue weighted by Crippen LogP contribution is -2.46. The molecule has 1 atom stereocenters. The van der Waals surface area contributed by atoms with E-state index in [2.05, 4.69) is 0 Å². The van der Waals surface area contributed by atoms with Gasteiger partial charge in [0, 0.05) is 20.0 Å². The van der Waals surface area contributed by atoms with Crippen LogP contribution < -0.4 is 9.80 Å². The van der Waals surface area contributed by atoms with Gasteiger partial charge < -0.3 is 19.1 Å². The second-order valence-electron chi connectivity index (χ2n) is 9.88. The summed E-state index contributed by atoms with van der Waals surface area (Å²) in [5.74, 6) is -2.30. The van der Waals surface area contributed by atoms with Crippen molar-refractivity contribution in [3.63, 3.8) is 0 Å². The van der Waals surface area contributed by atoms with Crippen LogP contribution in [0.1, 0.15) is 33.2 Å². The van der Waals surface area contributed by atoms with Crippen molar-refractivity contribution in [1.29, 1.82) is 0 Å². The van der Waals surface area contributed by atoms with Gasteiger partial charge in [0.15, 0.2) is 0 Å². The second kappa shape index (κ2) is 12.8. The Balaban J connectivity index is 1.41. The first-order chi connectivity index (χ1) is 20.3. The minimum Gasteiger partial charge on any atom is -0.459 e. The number of hydrogen-bond acceptors (Lipinski definition) is 8. The van der Waals surface area contributed by atoms with Gasteiger partial charge in [0.05, 0.1) is 48.8 Å². The molecular weight excluding hydrogens is 545 g/mol. The van der Waals surface area contributed by atoms with E-state index in [-0.39, 0.29) is 36.5 Å². The highest BCUT2D eigenvalue weighted by molar-refractivity contribution is 6.21. The Morgan fingerprint density at radius 2 is 1.60 bits per heavy atom. The fourth-order valence-corrected chi connectivity index (χ4v) is 4.99. The second-order valence-corrected chi connectivity index (χ2v) is 9.88. The Kier molecular flexibility index (Phi) is 8.77. The lowest BCUT2D eigenvalue weighted by Gasteiger charge is -2.31. The Morgan fingerprint density at radius 1 is 0.952 bits per heavy atom. The summed E-state index contributed by atoms with van der Waals surface area (Å²) in [4.78, 5) is 55.5. The minimum atomic E-state index is -1.13.